The van der Waals surface area contributed by atoms with Gasteiger partial charge in [0.25, 0.3) is 0 Å². The summed E-state index contributed by atoms with van der Waals surface area (Å²) in [5.74, 6) is 0.412. The molecule has 0 fully saturated rings. The number of ether oxygens (including phenoxy) is 1. The number of anilines is 1. The molecule has 0 bridgehead atoms. The third-order valence-electron chi connectivity index (χ3n) is 7.78. The predicted molar refractivity (Wildman–Crippen MR) is 168 cm³/mol. The van der Waals surface area contributed by atoms with Gasteiger partial charge in [0.15, 0.2) is 5.78 Å². The molecule has 5 rings (SSSR count). The number of carbonyl (C=O) groups excluding carboxylic acids is 1. The van der Waals surface area contributed by atoms with E-state index in [2.05, 4.69) is 48.0 Å². The van der Waals surface area contributed by atoms with E-state index in [0.29, 0.717) is 46.3 Å². The highest BCUT2D eigenvalue weighted by Crippen LogP contribution is 2.51. The molecule has 1 aliphatic heterocycles. The van der Waals surface area contributed by atoms with E-state index in [-0.39, 0.29) is 17.0 Å². The number of rotatable bonds is 5. The van der Waals surface area contributed by atoms with E-state index in [9.17, 15) is 10.1 Å². The van der Waals surface area contributed by atoms with Crippen LogP contribution in [-0.4, -0.2) is 5.78 Å². The van der Waals surface area contributed by atoms with Crippen molar-refractivity contribution < 1.29 is 9.53 Å². The molecule has 0 aromatic heterocycles. The Labute approximate surface area is 259 Å². The number of allylic oxidation sites excluding steroid dienone is 3. The number of benzene rings is 3. The van der Waals surface area contributed by atoms with Crippen LogP contribution in [0.1, 0.15) is 54.9 Å². The average molecular weight is 651 g/mol. The van der Waals surface area contributed by atoms with E-state index in [1.54, 1.807) is 23.1 Å². The maximum absolute atomic E-state index is 14.0. The van der Waals surface area contributed by atoms with Gasteiger partial charge in [-0.1, -0.05) is 65.1 Å². The lowest BCUT2D eigenvalue weighted by Crippen LogP contribution is -2.42. The number of halogens is 3. The molecule has 2 N–H and O–H groups in total. The van der Waals surface area contributed by atoms with Crippen LogP contribution in [0, 0.1) is 30.6 Å². The summed E-state index contributed by atoms with van der Waals surface area (Å²) in [7, 11) is 0. The highest BCUT2D eigenvalue weighted by molar-refractivity contribution is 9.10. The number of nitriles is 1. The summed E-state index contributed by atoms with van der Waals surface area (Å²) in [5, 5.41) is 11.4. The summed E-state index contributed by atoms with van der Waals surface area (Å²) < 4.78 is 7.08. The van der Waals surface area contributed by atoms with Gasteiger partial charge in [-0.15, -0.1) is 0 Å². The van der Waals surface area contributed by atoms with Gasteiger partial charge in [0.2, 0.25) is 0 Å². The third-order valence-corrected chi connectivity index (χ3v) is 8.84. The van der Waals surface area contributed by atoms with Crippen LogP contribution in [0.3, 0.4) is 0 Å². The Balaban J connectivity index is 1.67. The van der Waals surface area contributed by atoms with Crippen LogP contribution >= 0.6 is 39.1 Å². The van der Waals surface area contributed by atoms with E-state index in [1.807, 2.05) is 38.1 Å². The number of Topliss-reactive ketones (excluding diaryl/α,β-unsaturated/α-hetero) is 1. The molecule has 1 atom stereocenters. The van der Waals surface area contributed by atoms with Gasteiger partial charge in [-0.05, 0) is 90.4 Å². The molecule has 0 spiro atoms. The van der Waals surface area contributed by atoms with Crippen molar-refractivity contribution in [2.24, 2.45) is 11.1 Å². The van der Waals surface area contributed by atoms with Crippen molar-refractivity contribution >= 4 is 50.6 Å². The van der Waals surface area contributed by atoms with Crippen molar-refractivity contribution in [1.29, 1.82) is 5.26 Å². The summed E-state index contributed by atoms with van der Waals surface area (Å²) in [5.41, 5.74) is 12.7. The first-order valence-electron chi connectivity index (χ1n) is 13.3. The topological polar surface area (TPSA) is 79.4 Å². The third kappa shape index (κ3) is 5.64. The van der Waals surface area contributed by atoms with E-state index in [4.69, 9.17) is 33.7 Å². The Morgan fingerprint density at radius 3 is 2.44 bits per heavy atom. The van der Waals surface area contributed by atoms with E-state index < -0.39 is 5.92 Å². The monoisotopic (exact) mass is 649 g/mol. The molecule has 1 heterocycles. The molecule has 3 aromatic rings. The number of hydrogen-bond donors (Lipinski definition) is 1. The lowest BCUT2D eigenvalue weighted by molar-refractivity contribution is -0.118. The number of nitrogens with two attached hydrogens (primary N) is 1. The molecule has 8 heteroatoms. The van der Waals surface area contributed by atoms with Crippen LogP contribution in [-0.2, 0) is 11.4 Å². The first-order chi connectivity index (χ1) is 19.4. The second-order valence-corrected chi connectivity index (χ2v) is 13.2. The molecule has 0 amide bonds. The van der Waals surface area contributed by atoms with Gasteiger partial charge in [0.1, 0.15) is 18.2 Å². The fourth-order valence-corrected chi connectivity index (χ4v) is 6.59. The van der Waals surface area contributed by atoms with E-state index in [0.717, 1.165) is 38.2 Å². The summed E-state index contributed by atoms with van der Waals surface area (Å²) >= 11 is 16.3. The Hall–Kier alpha value is -3.24. The number of hydrogen-bond acceptors (Lipinski definition) is 5. The second-order valence-electron chi connectivity index (χ2n) is 11.5. The highest BCUT2D eigenvalue weighted by Gasteiger charge is 2.45. The van der Waals surface area contributed by atoms with Gasteiger partial charge >= 0.3 is 0 Å². The smallest absolute Gasteiger partial charge is 0.162 e. The molecule has 1 unspecified atom stereocenters. The second kappa shape index (κ2) is 11.2. The number of carbonyl (C=O) groups is 1. The molecular formula is C33H30BrCl2N3O2. The maximum atomic E-state index is 14.0. The van der Waals surface area contributed by atoms with Crippen LogP contribution in [0.2, 0.25) is 10.0 Å². The zero-order valence-electron chi connectivity index (χ0n) is 23.3. The standard InChI is InChI=1S/C33H30BrCl2N3O2/c1-18-11-19(2)24(12-20(18)17-41-23-8-5-21(34)6-9-23)30-25(16-37)32(38)39(27-10-7-22(35)13-26(27)36)28-14-33(3,4)15-29(40)31(28)30/h5-13,30H,14-15,17,38H2,1-4H3. The summed E-state index contributed by atoms with van der Waals surface area (Å²) in [6.45, 7) is 8.52. The Morgan fingerprint density at radius 1 is 1.07 bits per heavy atom. The van der Waals surface area contributed by atoms with E-state index in [1.165, 1.54) is 0 Å². The normalized spacial score (nSPS) is 18.3. The summed E-state index contributed by atoms with van der Waals surface area (Å²) in [4.78, 5) is 15.8. The predicted octanol–water partition coefficient (Wildman–Crippen LogP) is 8.89. The lowest BCUT2D eigenvalue weighted by Gasteiger charge is -2.44. The first kappa shape index (κ1) is 29.3. The van der Waals surface area contributed by atoms with Gasteiger partial charge in [-0.2, -0.15) is 5.26 Å². The van der Waals surface area contributed by atoms with Crippen molar-refractivity contribution in [3.63, 3.8) is 0 Å². The van der Waals surface area contributed by atoms with Crippen LogP contribution in [0.25, 0.3) is 0 Å². The van der Waals surface area contributed by atoms with Crippen LogP contribution < -0.4 is 15.4 Å². The molecule has 3 aromatic carbocycles. The van der Waals surface area contributed by atoms with Gasteiger partial charge in [0, 0.05) is 27.2 Å². The minimum Gasteiger partial charge on any atom is -0.489 e. The summed E-state index contributed by atoms with van der Waals surface area (Å²) in [6, 6.07) is 19.3. The molecule has 0 saturated carbocycles. The van der Waals surface area contributed by atoms with Crippen LogP contribution in [0.15, 0.2) is 81.7 Å². The van der Waals surface area contributed by atoms with Crippen LogP contribution in [0.5, 0.6) is 5.75 Å². The van der Waals surface area contributed by atoms with Gasteiger partial charge in [-0.25, -0.2) is 0 Å². The number of nitrogens with zero attached hydrogens (tertiary/aromatic N) is 2. The van der Waals surface area contributed by atoms with Crippen LogP contribution in [0.4, 0.5) is 5.69 Å². The number of aryl methyl sites for hydroxylation is 2. The fraction of sp³-hybridized carbons (Fsp3) is 0.273. The van der Waals surface area contributed by atoms with Gasteiger partial charge in [0.05, 0.1) is 28.3 Å². The van der Waals surface area contributed by atoms with Crippen molar-refractivity contribution in [2.45, 2.75) is 53.1 Å². The first-order valence-corrected chi connectivity index (χ1v) is 14.8. The SMILES string of the molecule is Cc1cc(C)c(C2C(C#N)=C(N)N(c3ccc(Cl)cc3Cl)C3=C2C(=O)CC(C)(C)C3)cc1COc1ccc(Br)cc1. The molecule has 0 saturated heterocycles. The highest BCUT2D eigenvalue weighted by atomic mass is 79.9. The Bertz CT molecular complexity index is 1670. The van der Waals surface area contributed by atoms with Crippen molar-refractivity contribution in [3.05, 3.63) is 114 Å². The van der Waals surface area contributed by atoms with Crippen molar-refractivity contribution in [2.75, 3.05) is 4.90 Å². The zero-order chi connectivity index (χ0) is 29.6. The average Bonchev–Trinajstić information content (AvgIpc) is 2.89. The Kier molecular flexibility index (Phi) is 8.00. The summed E-state index contributed by atoms with van der Waals surface area (Å²) in [6.07, 6.45) is 0.959. The van der Waals surface area contributed by atoms with Gasteiger partial charge in [-0.3, -0.25) is 9.69 Å². The quantitative estimate of drug-likeness (QED) is 0.298. The number of ketones is 1. The Morgan fingerprint density at radius 2 is 1.78 bits per heavy atom. The van der Waals surface area contributed by atoms with Crippen molar-refractivity contribution in [1.82, 2.24) is 0 Å². The minimum atomic E-state index is -0.604. The van der Waals surface area contributed by atoms with Gasteiger partial charge < -0.3 is 10.5 Å². The van der Waals surface area contributed by atoms with E-state index >= 15 is 0 Å². The largest absolute Gasteiger partial charge is 0.489 e. The fourth-order valence-electron chi connectivity index (χ4n) is 5.83. The molecule has 5 nitrogen and oxygen atoms in total. The lowest BCUT2D eigenvalue weighted by atomic mass is 9.68. The zero-order valence-corrected chi connectivity index (χ0v) is 26.4. The molecule has 2 aliphatic rings. The molecular weight excluding hydrogens is 621 g/mol. The minimum absolute atomic E-state index is 0.00391. The van der Waals surface area contributed by atoms with Crippen molar-refractivity contribution in [3.8, 4) is 11.8 Å². The molecule has 41 heavy (non-hydrogen) atoms. The molecule has 0 radical (unpaired) electrons. The molecule has 210 valence electrons. The molecule has 1 aliphatic carbocycles. The maximum Gasteiger partial charge on any atom is 0.162 e.